The SMILES string of the molecule is COC(=O)C(=N)/C(=C(\NCCOCC(F)(F)F)C(=O)O)[N+](=O)[O-]. The van der Waals surface area contributed by atoms with E-state index in [9.17, 15) is 32.9 Å². The molecule has 0 saturated carbocycles. The highest BCUT2D eigenvalue weighted by atomic mass is 19.4. The summed E-state index contributed by atoms with van der Waals surface area (Å²) in [4.78, 5) is 31.6. The van der Waals surface area contributed by atoms with Gasteiger partial charge in [-0.15, -0.1) is 0 Å². The zero-order valence-electron chi connectivity index (χ0n) is 11.6. The highest BCUT2D eigenvalue weighted by Gasteiger charge is 2.33. The van der Waals surface area contributed by atoms with Gasteiger partial charge in [-0.25, -0.2) is 9.59 Å². The lowest BCUT2D eigenvalue weighted by Crippen LogP contribution is -2.33. The van der Waals surface area contributed by atoms with Crippen LogP contribution in [0.1, 0.15) is 0 Å². The third-order valence-electron chi connectivity index (χ3n) is 2.07. The zero-order valence-corrected chi connectivity index (χ0v) is 11.6. The lowest BCUT2D eigenvalue weighted by molar-refractivity contribution is -0.416. The second-order valence-electron chi connectivity index (χ2n) is 3.75. The normalized spacial score (nSPS) is 12.2. The van der Waals surface area contributed by atoms with E-state index in [1.807, 2.05) is 5.32 Å². The Morgan fingerprint density at radius 1 is 1.39 bits per heavy atom. The molecule has 0 aromatic rings. The van der Waals surface area contributed by atoms with Crippen molar-refractivity contribution in [3.63, 3.8) is 0 Å². The summed E-state index contributed by atoms with van der Waals surface area (Å²) < 4.78 is 43.7. The molecule has 0 amide bonds. The lowest BCUT2D eigenvalue weighted by Gasteiger charge is -2.10. The Hall–Kier alpha value is -2.70. The number of carbonyl (C=O) groups is 2. The monoisotopic (exact) mass is 343 g/mol. The Morgan fingerprint density at radius 2 is 1.96 bits per heavy atom. The molecule has 130 valence electrons. The molecule has 0 aromatic carbocycles. The molecule has 0 aromatic heterocycles. The van der Waals surface area contributed by atoms with Gasteiger partial charge in [-0.2, -0.15) is 13.2 Å². The number of hydrogen-bond acceptors (Lipinski definition) is 8. The Bertz CT molecular complexity index is 530. The molecule has 0 aliphatic carbocycles. The van der Waals surface area contributed by atoms with Gasteiger partial charge in [-0.05, 0) is 0 Å². The van der Waals surface area contributed by atoms with Crippen LogP contribution < -0.4 is 5.32 Å². The summed E-state index contributed by atoms with van der Waals surface area (Å²) in [6.45, 7) is -2.74. The van der Waals surface area contributed by atoms with Crippen molar-refractivity contribution in [3.8, 4) is 0 Å². The highest BCUT2D eigenvalue weighted by Crippen LogP contribution is 2.14. The number of alkyl halides is 3. The van der Waals surface area contributed by atoms with Gasteiger partial charge in [0, 0.05) is 6.54 Å². The van der Waals surface area contributed by atoms with Gasteiger partial charge < -0.3 is 19.9 Å². The fourth-order valence-electron chi connectivity index (χ4n) is 1.20. The van der Waals surface area contributed by atoms with E-state index in [-0.39, 0.29) is 0 Å². The van der Waals surface area contributed by atoms with Gasteiger partial charge in [0.2, 0.25) is 11.4 Å². The minimum Gasteiger partial charge on any atom is -0.476 e. The second-order valence-corrected chi connectivity index (χ2v) is 3.75. The number of halogens is 3. The fraction of sp³-hybridized carbons (Fsp3) is 0.500. The number of hydrogen-bond donors (Lipinski definition) is 3. The molecule has 23 heavy (non-hydrogen) atoms. The number of carboxylic acid groups (broad SMARTS) is 1. The van der Waals surface area contributed by atoms with Gasteiger partial charge in [0.25, 0.3) is 0 Å². The van der Waals surface area contributed by atoms with Crippen molar-refractivity contribution in [1.82, 2.24) is 5.32 Å². The first kappa shape index (κ1) is 20.3. The predicted octanol–water partition coefficient (Wildman–Crippen LogP) is -0.0794. The van der Waals surface area contributed by atoms with E-state index in [4.69, 9.17) is 10.5 Å². The van der Waals surface area contributed by atoms with Crippen LogP contribution in [0.15, 0.2) is 11.4 Å². The number of ether oxygens (including phenoxy) is 2. The van der Waals surface area contributed by atoms with Crippen LogP contribution in [0.3, 0.4) is 0 Å². The van der Waals surface area contributed by atoms with Gasteiger partial charge in [-0.1, -0.05) is 0 Å². The van der Waals surface area contributed by atoms with E-state index in [1.54, 1.807) is 0 Å². The molecule has 0 aliphatic heterocycles. The molecule has 0 rings (SSSR count). The summed E-state index contributed by atoms with van der Waals surface area (Å²) in [6, 6.07) is 0. The van der Waals surface area contributed by atoms with Crippen molar-refractivity contribution in [2.45, 2.75) is 6.18 Å². The lowest BCUT2D eigenvalue weighted by atomic mass is 10.2. The maximum atomic E-state index is 11.8. The topological polar surface area (TPSA) is 152 Å². The number of nitro groups is 1. The van der Waals surface area contributed by atoms with Gasteiger partial charge in [0.1, 0.15) is 6.61 Å². The second kappa shape index (κ2) is 8.67. The van der Waals surface area contributed by atoms with E-state index >= 15 is 0 Å². The third-order valence-corrected chi connectivity index (χ3v) is 2.07. The summed E-state index contributed by atoms with van der Waals surface area (Å²) in [5.74, 6) is -3.34. The summed E-state index contributed by atoms with van der Waals surface area (Å²) in [5.41, 5.74) is -3.88. The molecule has 0 radical (unpaired) electrons. The first-order chi connectivity index (χ1) is 10.5. The van der Waals surface area contributed by atoms with Crippen LogP contribution in [0.25, 0.3) is 0 Å². The van der Waals surface area contributed by atoms with E-state index in [2.05, 4.69) is 9.47 Å². The number of carbonyl (C=O) groups excluding carboxylic acids is 1. The van der Waals surface area contributed by atoms with Crippen molar-refractivity contribution < 1.29 is 42.3 Å². The first-order valence-electron chi connectivity index (χ1n) is 5.68. The summed E-state index contributed by atoms with van der Waals surface area (Å²) >= 11 is 0. The van der Waals surface area contributed by atoms with Crippen LogP contribution >= 0.6 is 0 Å². The highest BCUT2D eigenvalue weighted by molar-refractivity contribution is 6.41. The van der Waals surface area contributed by atoms with Crippen molar-refractivity contribution >= 4 is 17.7 Å². The van der Waals surface area contributed by atoms with Crippen LogP contribution in [-0.4, -0.2) is 60.7 Å². The fourth-order valence-corrected chi connectivity index (χ4v) is 1.20. The molecule has 0 saturated heterocycles. The quantitative estimate of drug-likeness (QED) is 0.131. The molecule has 0 unspecified atom stereocenters. The molecular formula is C10H12F3N3O7. The number of rotatable bonds is 9. The number of carboxylic acids is 1. The molecule has 13 heteroatoms. The Morgan fingerprint density at radius 3 is 2.35 bits per heavy atom. The van der Waals surface area contributed by atoms with Crippen LogP contribution in [0.4, 0.5) is 13.2 Å². The van der Waals surface area contributed by atoms with Crippen LogP contribution in [0.5, 0.6) is 0 Å². The van der Waals surface area contributed by atoms with Crippen molar-refractivity contribution in [1.29, 1.82) is 5.41 Å². The van der Waals surface area contributed by atoms with Crippen LogP contribution in [-0.2, 0) is 19.1 Å². The summed E-state index contributed by atoms with van der Waals surface area (Å²) in [5, 5.41) is 28.9. The maximum Gasteiger partial charge on any atom is 0.411 e. The number of nitrogens with one attached hydrogen (secondary N) is 2. The van der Waals surface area contributed by atoms with E-state index in [1.165, 1.54) is 0 Å². The van der Waals surface area contributed by atoms with Crippen LogP contribution in [0, 0.1) is 15.5 Å². The summed E-state index contributed by atoms with van der Waals surface area (Å²) in [6.07, 6.45) is -4.58. The van der Waals surface area contributed by atoms with Gasteiger partial charge in [-0.3, -0.25) is 15.5 Å². The van der Waals surface area contributed by atoms with Crippen molar-refractivity contribution in [2.24, 2.45) is 0 Å². The van der Waals surface area contributed by atoms with Gasteiger partial charge >= 0.3 is 23.8 Å². The predicted molar refractivity (Wildman–Crippen MR) is 66.3 cm³/mol. The van der Waals surface area contributed by atoms with E-state index in [0.717, 1.165) is 7.11 Å². The minimum atomic E-state index is -4.58. The molecule has 3 N–H and O–H groups in total. The van der Waals surface area contributed by atoms with Crippen LogP contribution in [0.2, 0.25) is 0 Å². The molecule has 0 aliphatic rings. The molecule has 0 atom stereocenters. The van der Waals surface area contributed by atoms with Crippen molar-refractivity contribution in [3.05, 3.63) is 21.5 Å². The number of methoxy groups -OCH3 is 1. The maximum absolute atomic E-state index is 11.8. The molecular weight excluding hydrogens is 331 g/mol. The smallest absolute Gasteiger partial charge is 0.411 e. The molecule has 0 fully saturated rings. The Balaban J connectivity index is 5.09. The summed E-state index contributed by atoms with van der Waals surface area (Å²) in [7, 11) is 0.827. The minimum absolute atomic E-state index is 0.538. The molecule has 10 nitrogen and oxygen atoms in total. The average Bonchev–Trinajstić information content (AvgIpc) is 2.42. The number of nitrogens with zero attached hydrogens (tertiary/aromatic N) is 1. The number of esters is 1. The van der Waals surface area contributed by atoms with E-state index < -0.39 is 59.9 Å². The zero-order chi connectivity index (χ0) is 18.2. The molecule has 0 heterocycles. The molecule has 0 bridgehead atoms. The molecule has 0 spiro atoms. The Kier molecular flexibility index (Phi) is 7.65. The number of aliphatic carboxylic acids is 1. The largest absolute Gasteiger partial charge is 0.476 e. The van der Waals surface area contributed by atoms with Gasteiger partial charge in [0.15, 0.2) is 0 Å². The third kappa shape index (κ3) is 7.21. The average molecular weight is 343 g/mol. The van der Waals surface area contributed by atoms with Crippen molar-refractivity contribution in [2.75, 3.05) is 26.9 Å². The van der Waals surface area contributed by atoms with E-state index in [0.29, 0.717) is 0 Å². The standard InChI is InChI=1S/C10H12F3N3O7/c1-22-9(19)5(14)7(16(20)21)6(8(17)18)15-2-3-23-4-10(11,12)13/h14-15H,2-4H2,1H3,(H,17,18)/b7-6+,14-5?. The Labute approximate surface area is 126 Å². The van der Waals surface area contributed by atoms with Gasteiger partial charge in [0.05, 0.1) is 18.6 Å². The first-order valence-corrected chi connectivity index (χ1v) is 5.68.